The molecule has 0 bridgehead atoms. The van der Waals surface area contributed by atoms with E-state index < -0.39 is 82.9 Å². The second-order valence-corrected chi connectivity index (χ2v) is 13.3. The molecule has 0 saturated heterocycles. The van der Waals surface area contributed by atoms with Gasteiger partial charge >= 0.3 is 30.6 Å². The van der Waals surface area contributed by atoms with Crippen LogP contribution in [-0.2, 0) is 34.5 Å². The topological polar surface area (TPSA) is 109 Å². The molecule has 2 atom stereocenters. The fourth-order valence-corrected chi connectivity index (χ4v) is 5.75. The van der Waals surface area contributed by atoms with Crippen LogP contribution in [0.5, 0.6) is 0 Å². The number of aliphatic carboxylic acids is 1. The summed E-state index contributed by atoms with van der Waals surface area (Å²) in [4.78, 5) is 32.2. The number of hydrogen-bond donors (Lipinski definition) is 2. The van der Waals surface area contributed by atoms with E-state index in [0.29, 0.717) is 23.9 Å². The molecule has 0 unspecified atom stereocenters. The molecule has 0 fully saturated rings. The van der Waals surface area contributed by atoms with Gasteiger partial charge in [-0.3, -0.25) is 14.7 Å². The van der Waals surface area contributed by atoms with Crippen LogP contribution in [0.15, 0.2) is 48.7 Å². The van der Waals surface area contributed by atoms with Crippen LogP contribution >= 0.6 is 0 Å². The van der Waals surface area contributed by atoms with E-state index in [4.69, 9.17) is 10.5 Å². The minimum Gasteiger partial charge on any atom is -0.481 e. The van der Waals surface area contributed by atoms with Crippen LogP contribution in [0.1, 0.15) is 78.6 Å². The molecule has 2 aromatic carbocycles. The summed E-state index contributed by atoms with van der Waals surface area (Å²) >= 11 is 0. The van der Waals surface area contributed by atoms with Gasteiger partial charge in [0.1, 0.15) is 12.3 Å². The smallest absolute Gasteiger partial charge is 0.416 e. The third-order valence-corrected chi connectivity index (χ3v) is 8.78. The van der Waals surface area contributed by atoms with E-state index in [9.17, 15) is 54.2 Å². The Labute approximate surface area is 287 Å². The summed E-state index contributed by atoms with van der Waals surface area (Å²) in [5.41, 5.74) is -0.815. The van der Waals surface area contributed by atoms with Crippen molar-refractivity contribution in [2.75, 3.05) is 30.5 Å². The largest absolute Gasteiger partial charge is 0.481 e. The third kappa shape index (κ3) is 8.34. The Bertz CT molecular complexity index is 1770. The number of fused-ring (bicyclic) bond motifs is 1. The van der Waals surface area contributed by atoms with Crippen molar-refractivity contribution in [1.29, 1.82) is 0 Å². The zero-order valence-corrected chi connectivity index (χ0v) is 28.0. The van der Waals surface area contributed by atoms with Crippen molar-refractivity contribution in [3.8, 4) is 0 Å². The molecular weight excluding hydrogens is 699 g/mol. The SMILES string of the molecule is CC[C@]1(N)C[C@H](c2ncc(N(C)C)cc2Cc2cc(C(F)(F)F)cc(C(F)(F)F)c2)c2cc(C(F)(F)F)ccc2N1C(=O)OCC(C)(C)C(=O)O. The zero-order valence-electron chi connectivity index (χ0n) is 28.0. The number of carbonyl (C=O) groups is 2. The van der Waals surface area contributed by atoms with E-state index in [-0.39, 0.29) is 41.4 Å². The molecule has 4 rings (SSSR count). The van der Waals surface area contributed by atoms with Gasteiger partial charge in [-0.15, -0.1) is 0 Å². The summed E-state index contributed by atoms with van der Waals surface area (Å²) in [7, 11) is 3.21. The maximum absolute atomic E-state index is 14.1. The minimum atomic E-state index is -5.13. The molecule has 51 heavy (non-hydrogen) atoms. The molecule has 0 spiro atoms. The Morgan fingerprint density at radius 1 is 0.941 bits per heavy atom. The summed E-state index contributed by atoms with van der Waals surface area (Å²) in [6.07, 6.45) is -15.8. The summed E-state index contributed by atoms with van der Waals surface area (Å²) in [5.74, 6) is -2.45. The van der Waals surface area contributed by atoms with Gasteiger partial charge in [-0.05, 0) is 92.3 Å². The number of carboxylic acid groups (broad SMARTS) is 1. The molecule has 3 N–H and O–H groups in total. The standard InChI is InChI=1S/C34H35F9N4O4/c1-6-31(44)15-25(24-14-20(32(35,36)37)7-8-26(24)47(31)29(50)51-17-30(2,3)28(48)49)27-19(12-23(16-45-27)46(4)5)9-18-10-21(33(38,39)40)13-22(11-18)34(41,42)43/h7-8,10-14,16,25H,6,9,15,17,44H2,1-5H3,(H,48,49)/t25-,31+/m0/s1. The predicted octanol–water partition coefficient (Wildman–Crippen LogP) is 8.45. The second kappa shape index (κ2) is 13.5. The van der Waals surface area contributed by atoms with Crippen molar-refractivity contribution in [2.24, 2.45) is 11.1 Å². The van der Waals surface area contributed by atoms with E-state index in [1.807, 2.05) is 0 Å². The van der Waals surface area contributed by atoms with E-state index in [1.165, 1.54) is 26.1 Å². The highest BCUT2D eigenvalue weighted by Crippen LogP contribution is 2.49. The Kier molecular flexibility index (Phi) is 10.4. The maximum atomic E-state index is 14.1. The van der Waals surface area contributed by atoms with Gasteiger partial charge in [0, 0.05) is 20.0 Å². The number of pyridine rings is 1. The number of ether oxygens (including phenoxy) is 1. The van der Waals surface area contributed by atoms with Gasteiger partial charge in [-0.25, -0.2) is 4.79 Å². The van der Waals surface area contributed by atoms with Crippen LogP contribution in [0, 0.1) is 5.41 Å². The zero-order chi connectivity index (χ0) is 38.5. The highest BCUT2D eigenvalue weighted by molar-refractivity contribution is 5.92. The molecule has 3 aromatic rings. The average molecular weight is 735 g/mol. The maximum Gasteiger partial charge on any atom is 0.416 e. The van der Waals surface area contributed by atoms with Crippen LogP contribution in [0.4, 0.5) is 55.7 Å². The second-order valence-electron chi connectivity index (χ2n) is 13.3. The number of aromatic nitrogens is 1. The quantitative estimate of drug-likeness (QED) is 0.224. The number of carboxylic acids is 1. The fourth-order valence-electron chi connectivity index (χ4n) is 5.75. The molecular formula is C34H35F9N4O4. The first-order valence-corrected chi connectivity index (χ1v) is 15.4. The lowest BCUT2D eigenvalue weighted by molar-refractivity contribution is -0.149. The molecule has 1 aliphatic heterocycles. The van der Waals surface area contributed by atoms with E-state index in [2.05, 4.69) is 4.98 Å². The fraction of sp³-hybridized carbons (Fsp3) is 0.441. The lowest BCUT2D eigenvalue weighted by Crippen LogP contribution is -2.62. The lowest BCUT2D eigenvalue weighted by Gasteiger charge is -2.47. The molecule has 0 saturated carbocycles. The van der Waals surface area contributed by atoms with Crippen molar-refractivity contribution < 1.29 is 58.9 Å². The van der Waals surface area contributed by atoms with Crippen molar-refractivity contribution >= 4 is 23.4 Å². The van der Waals surface area contributed by atoms with Crippen LogP contribution in [0.25, 0.3) is 0 Å². The molecule has 2 heterocycles. The van der Waals surface area contributed by atoms with Gasteiger partial charge in [0.2, 0.25) is 0 Å². The third-order valence-electron chi connectivity index (χ3n) is 8.78. The van der Waals surface area contributed by atoms with Gasteiger partial charge in [-0.2, -0.15) is 39.5 Å². The Hall–Kier alpha value is -4.54. The van der Waals surface area contributed by atoms with Crippen LogP contribution < -0.4 is 15.5 Å². The van der Waals surface area contributed by atoms with Gasteiger partial charge in [0.15, 0.2) is 0 Å². The van der Waals surface area contributed by atoms with Crippen LogP contribution in [0.2, 0.25) is 0 Å². The molecule has 278 valence electrons. The Balaban J connectivity index is 1.95. The molecule has 17 heteroatoms. The van der Waals surface area contributed by atoms with Crippen LogP contribution in [-0.4, -0.2) is 48.5 Å². The highest BCUT2D eigenvalue weighted by Gasteiger charge is 2.48. The van der Waals surface area contributed by atoms with Gasteiger partial charge in [-0.1, -0.05) is 6.92 Å². The van der Waals surface area contributed by atoms with Crippen LogP contribution in [0.3, 0.4) is 0 Å². The van der Waals surface area contributed by atoms with Gasteiger partial charge in [0.05, 0.1) is 45.4 Å². The summed E-state index contributed by atoms with van der Waals surface area (Å²) in [5, 5.41) is 9.48. The lowest BCUT2D eigenvalue weighted by atomic mass is 9.77. The summed E-state index contributed by atoms with van der Waals surface area (Å²) in [6, 6.07) is 5.06. The van der Waals surface area contributed by atoms with Crippen molar-refractivity contribution in [1.82, 2.24) is 4.98 Å². The monoisotopic (exact) mass is 734 g/mol. The van der Waals surface area contributed by atoms with E-state index in [0.717, 1.165) is 17.0 Å². The normalized spacial score (nSPS) is 18.3. The number of anilines is 2. The van der Waals surface area contributed by atoms with Crippen molar-refractivity contribution in [2.45, 2.75) is 70.1 Å². The predicted molar refractivity (Wildman–Crippen MR) is 168 cm³/mol. The number of rotatable bonds is 8. The Morgan fingerprint density at radius 3 is 2.00 bits per heavy atom. The molecule has 1 aliphatic rings. The van der Waals surface area contributed by atoms with Gasteiger partial charge in [0.25, 0.3) is 0 Å². The first-order chi connectivity index (χ1) is 23.3. The number of alkyl halides is 9. The number of benzene rings is 2. The van der Waals surface area contributed by atoms with Crippen molar-refractivity contribution in [3.63, 3.8) is 0 Å². The molecule has 1 amide bonds. The number of nitrogens with zero attached hydrogens (tertiary/aromatic N) is 3. The number of nitrogens with two attached hydrogens (primary N) is 1. The Morgan fingerprint density at radius 2 is 1.51 bits per heavy atom. The van der Waals surface area contributed by atoms with Gasteiger partial charge < -0.3 is 20.5 Å². The first kappa shape index (κ1) is 39.2. The number of carbonyl (C=O) groups excluding carboxylic acids is 1. The van der Waals surface area contributed by atoms with E-state index in [1.54, 1.807) is 25.9 Å². The number of amides is 1. The summed E-state index contributed by atoms with van der Waals surface area (Å²) in [6.45, 7) is 3.55. The minimum absolute atomic E-state index is 0.00967. The number of hydrogen-bond acceptors (Lipinski definition) is 6. The van der Waals surface area contributed by atoms with Crippen molar-refractivity contribution in [3.05, 3.63) is 87.7 Å². The van der Waals surface area contributed by atoms with E-state index >= 15 is 0 Å². The molecule has 0 aliphatic carbocycles. The molecule has 8 nitrogen and oxygen atoms in total. The average Bonchev–Trinajstić information content (AvgIpc) is 3.01. The summed E-state index contributed by atoms with van der Waals surface area (Å²) < 4.78 is 130. The molecule has 1 aromatic heterocycles. The highest BCUT2D eigenvalue weighted by atomic mass is 19.4. The number of halogens is 9. The first-order valence-electron chi connectivity index (χ1n) is 15.4. The molecule has 0 radical (unpaired) electrons.